The Labute approximate surface area is 82.5 Å². The molecule has 0 amide bonds. The molecule has 1 heterocycles. The van der Waals surface area contributed by atoms with E-state index in [4.69, 9.17) is 4.74 Å². The quantitative estimate of drug-likeness (QED) is 0.673. The summed E-state index contributed by atoms with van der Waals surface area (Å²) in [5.41, 5.74) is 1.50. The first-order valence-electron chi connectivity index (χ1n) is 4.37. The Balaban J connectivity index is 2.61. The van der Waals surface area contributed by atoms with Crippen LogP contribution in [0.3, 0.4) is 0 Å². The highest BCUT2D eigenvalue weighted by Gasteiger charge is 2.17. The van der Waals surface area contributed by atoms with E-state index < -0.39 is 0 Å². The van der Waals surface area contributed by atoms with Gasteiger partial charge >= 0.3 is 0 Å². The van der Waals surface area contributed by atoms with Crippen LogP contribution in [0, 0.1) is 0 Å². The summed E-state index contributed by atoms with van der Waals surface area (Å²) in [5, 5.41) is 0. The third kappa shape index (κ3) is 1.35. The van der Waals surface area contributed by atoms with Gasteiger partial charge in [0.2, 0.25) is 0 Å². The maximum Gasteiger partial charge on any atom is 0.160 e. The number of allylic oxidation sites excluding steroid dienone is 2. The Hall–Kier alpha value is -1.83. The fourth-order valence-electron chi connectivity index (χ4n) is 1.48. The third-order valence-electron chi connectivity index (χ3n) is 2.10. The predicted molar refractivity (Wildman–Crippen MR) is 54.9 cm³/mol. The number of para-hydroxylation sites is 1. The number of carbonyl (C=O) groups is 1. The maximum absolute atomic E-state index is 11.3. The van der Waals surface area contributed by atoms with Crippen LogP contribution in [0.15, 0.2) is 42.7 Å². The van der Waals surface area contributed by atoms with E-state index in [-0.39, 0.29) is 5.78 Å². The Morgan fingerprint density at radius 3 is 2.79 bits per heavy atom. The molecule has 0 aliphatic carbocycles. The minimum Gasteiger partial charge on any atom is -0.457 e. The first kappa shape index (κ1) is 8.75. The molecule has 1 aliphatic rings. The average molecular weight is 186 g/mol. The maximum atomic E-state index is 11.3. The lowest BCUT2D eigenvalue weighted by molar-refractivity contribution is -0.111. The van der Waals surface area contributed by atoms with E-state index in [1.807, 2.05) is 24.3 Å². The molecule has 2 heteroatoms. The molecule has 0 aromatic heterocycles. The van der Waals surface area contributed by atoms with Crippen LogP contribution in [0.5, 0.6) is 5.75 Å². The Kier molecular flexibility index (Phi) is 1.97. The zero-order chi connectivity index (χ0) is 10.1. The number of ether oxygens (including phenoxy) is 1. The number of ketones is 1. The summed E-state index contributed by atoms with van der Waals surface area (Å²) in [6, 6.07) is 7.45. The lowest BCUT2D eigenvalue weighted by Crippen LogP contribution is -2.06. The molecule has 2 nitrogen and oxygen atoms in total. The first-order valence-corrected chi connectivity index (χ1v) is 4.37. The molecule has 2 rings (SSSR count). The van der Waals surface area contributed by atoms with E-state index in [1.54, 1.807) is 13.0 Å². The normalized spacial score (nSPS) is 14.1. The van der Waals surface area contributed by atoms with Crippen LogP contribution in [0.4, 0.5) is 0 Å². The number of hydrogen-bond donors (Lipinski definition) is 0. The second-order valence-corrected chi connectivity index (χ2v) is 3.18. The summed E-state index contributed by atoms with van der Waals surface area (Å²) < 4.78 is 5.39. The van der Waals surface area contributed by atoms with Crippen molar-refractivity contribution in [2.45, 2.75) is 6.92 Å². The molecule has 1 aliphatic heterocycles. The highest BCUT2D eigenvalue weighted by Crippen LogP contribution is 2.32. The van der Waals surface area contributed by atoms with Crippen molar-refractivity contribution >= 4 is 11.4 Å². The van der Waals surface area contributed by atoms with E-state index >= 15 is 0 Å². The monoisotopic (exact) mass is 186 g/mol. The highest BCUT2D eigenvalue weighted by molar-refractivity contribution is 6.21. The van der Waals surface area contributed by atoms with Gasteiger partial charge in [-0.05, 0) is 19.1 Å². The zero-order valence-electron chi connectivity index (χ0n) is 7.91. The molecule has 0 atom stereocenters. The van der Waals surface area contributed by atoms with Crippen molar-refractivity contribution in [2.75, 3.05) is 0 Å². The van der Waals surface area contributed by atoms with E-state index in [0.717, 1.165) is 5.56 Å². The molecule has 0 unspecified atom stereocenters. The molecular weight excluding hydrogens is 176 g/mol. The van der Waals surface area contributed by atoms with Crippen LogP contribution in [0.1, 0.15) is 12.5 Å². The first-order chi connectivity index (χ1) is 6.68. The van der Waals surface area contributed by atoms with Gasteiger partial charge in [0.15, 0.2) is 5.78 Å². The van der Waals surface area contributed by atoms with E-state index in [1.165, 1.54) is 0 Å². The van der Waals surface area contributed by atoms with Crippen LogP contribution in [-0.2, 0) is 4.79 Å². The van der Waals surface area contributed by atoms with Crippen molar-refractivity contribution < 1.29 is 9.53 Å². The standard InChI is InChI=1S/C12H10O2/c1-8-7-11(9(2)13)10-5-3-4-6-12(10)14-8/h3-7H,1H2,2H3. The second kappa shape index (κ2) is 3.14. The van der Waals surface area contributed by atoms with Crippen LogP contribution in [0.25, 0.3) is 5.57 Å². The average Bonchev–Trinajstić information content (AvgIpc) is 2.16. The van der Waals surface area contributed by atoms with E-state index in [0.29, 0.717) is 17.1 Å². The fourth-order valence-corrected chi connectivity index (χ4v) is 1.48. The van der Waals surface area contributed by atoms with Gasteiger partial charge in [-0.25, -0.2) is 0 Å². The zero-order valence-corrected chi connectivity index (χ0v) is 7.91. The van der Waals surface area contributed by atoms with Crippen LogP contribution < -0.4 is 4.74 Å². The molecule has 14 heavy (non-hydrogen) atoms. The van der Waals surface area contributed by atoms with Gasteiger partial charge in [-0.3, -0.25) is 4.79 Å². The molecule has 1 aromatic carbocycles. The van der Waals surface area contributed by atoms with Gasteiger partial charge in [0.05, 0.1) is 0 Å². The summed E-state index contributed by atoms with van der Waals surface area (Å²) in [7, 11) is 0. The predicted octanol–water partition coefficient (Wildman–Crippen LogP) is 2.57. The Morgan fingerprint density at radius 2 is 2.07 bits per heavy atom. The molecule has 0 radical (unpaired) electrons. The number of fused-ring (bicyclic) bond motifs is 1. The smallest absolute Gasteiger partial charge is 0.160 e. The molecule has 0 fully saturated rings. The minimum atomic E-state index is 0.0295. The topological polar surface area (TPSA) is 26.3 Å². The molecular formula is C12H10O2. The molecule has 0 spiro atoms. The summed E-state index contributed by atoms with van der Waals surface area (Å²) in [5.74, 6) is 1.24. The summed E-state index contributed by atoms with van der Waals surface area (Å²) >= 11 is 0. The van der Waals surface area contributed by atoms with Crippen molar-refractivity contribution in [1.82, 2.24) is 0 Å². The summed E-state index contributed by atoms with van der Waals surface area (Å²) in [6.45, 7) is 5.24. The van der Waals surface area contributed by atoms with Gasteiger partial charge in [-0.15, -0.1) is 0 Å². The molecule has 0 saturated heterocycles. The Morgan fingerprint density at radius 1 is 1.36 bits per heavy atom. The highest BCUT2D eigenvalue weighted by atomic mass is 16.5. The van der Waals surface area contributed by atoms with Crippen molar-refractivity contribution in [1.29, 1.82) is 0 Å². The van der Waals surface area contributed by atoms with Gasteiger partial charge in [-0.2, -0.15) is 0 Å². The fraction of sp³-hybridized carbons (Fsp3) is 0.0833. The molecule has 0 bridgehead atoms. The SMILES string of the molecule is C=C1C=C(C(C)=O)c2ccccc2O1. The number of rotatable bonds is 1. The number of benzene rings is 1. The largest absolute Gasteiger partial charge is 0.457 e. The van der Waals surface area contributed by atoms with Gasteiger partial charge in [0, 0.05) is 11.1 Å². The molecule has 0 saturated carbocycles. The lowest BCUT2D eigenvalue weighted by Gasteiger charge is -2.17. The van der Waals surface area contributed by atoms with Gasteiger partial charge < -0.3 is 4.74 Å². The van der Waals surface area contributed by atoms with E-state index in [9.17, 15) is 4.79 Å². The number of hydrogen-bond acceptors (Lipinski definition) is 2. The third-order valence-corrected chi connectivity index (χ3v) is 2.10. The van der Waals surface area contributed by atoms with Crippen molar-refractivity contribution in [3.8, 4) is 5.75 Å². The lowest BCUT2D eigenvalue weighted by atomic mass is 9.99. The second-order valence-electron chi connectivity index (χ2n) is 3.18. The number of Topliss-reactive ketones (excluding diaryl/α,β-unsaturated/α-hetero) is 1. The van der Waals surface area contributed by atoms with Crippen LogP contribution >= 0.6 is 0 Å². The molecule has 0 N–H and O–H groups in total. The molecule has 1 aromatic rings. The summed E-state index contributed by atoms with van der Waals surface area (Å²) in [6.07, 6.45) is 1.67. The van der Waals surface area contributed by atoms with Crippen molar-refractivity contribution in [3.05, 3.63) is 48.2 Å². The van der Waals surface area contributed by atoms with Crippen LogP contribution in [0.2, 0.25) is 0 Å². The summed E-state index contributed by atoms with van der Waals surface area (Å²) in [4.78, 5) is 11.3. The minimum absolute atomic E-state index is 0.0295. The van der Waals surface area contributed by atoms with Crippen molar-refractivity contribution in [3.63, 3.8) is 0 Å². The van der Waals surface area contributed by atoms with Gasteiger partial charge in [-0.1, -0.05) is 24.8 Å². The van der Waals surface area contributed by atoms with E-state index in [2.05, 4.69) is 6.58 Å². The van der Waals surface area contributed by atoms with Crippen molar-refractivity contribution in [2.24, 2.45) is 0 Å². The van der Waals surface area contributed by atoms with Crippen LogP contribution in [-0.4, -0.2) is 5.78 Å². The number of carbonyl (C=O) groups excluding carboxylic acids is 1. The molecule has 70 valence electrons. The van der Waals surface area contributed by atoms with Gasteiger partial charge in [0.25, 0.3) is 0 Å². The van der Waals surface area contributed by atoms with Gasteiger partial charge in [0.1, 0.15) is 11.5 Å². The Bertz CT molecular complexity index is 441.